The predicted molar refractivity (Wildman–Crippen MR) is 148 cm³/mol. The largest absolute Gasteiger partial charge is 0.362 e. The fourth-order valence-corrected chi connectivity index (χ4v) is 4.76. The third-order valence-corrected chi connectivity index (χ3v) is 6.73. The molecule has 1 aliphatic heterocycles. The lowest BCUT2D eigenvalue weighted by atomic mass is 9.78. The zero-order valence-electron chi connectivity index (χ0n) is 22.1. The molecule has 3 heterocycles. The quantitative estimate of drug-likeness (QED) is 0.395. The monoisotopic (exact) mass is 512 g/mol. The van der Waals surface area contributed by atoms with Gasteiger partial charge in [-0.3, -0.25) is 4.79 Å². The van der Waals surface area contributed by atoms with Gasteiger partial charge in [0, 0.05) is 43.3 Å². The van der Waals surface area contributed by atoms with Gasteiger partial charge in [-0.2, -0.15) is 0 Å². The Morgan fingerprint density at radius 3 is 2.42 bits per heavy atom. The normalized spacial score (nSPS) is 19.4. The van der Waals surface area contributed by atoms with E-state index >= 15 is 0 Å². The number of pyridine rings is 1. The van der Waals surface area contributed by atoms with Crippen molar-refractivity contribution in [3.05, 3.63) is 41.4 Å². The highest BCUT2D eigenvalue weighted by Gasteiger charge is 2.24. The van der Waals surface area contributed by atoms with Crippen LogP contribution >= 0.6 is 12.6 Å². The zero-order chi connectivity index (χ0) is 26.5. The van der Waals surface area contributed by atoms with E-state index in [4.69, 9.17) is 19.6 Å². The first kappa shape index (κ1) is 29.5. The molecule has 0 saturated heterocycles. The van der Waals surface area contributed by atoms with Crippen molar-refractivity contribution in [3.8, 4) is 0 Å². The fourth-order valence-electron chi connectivity index (χ4n) is 4.53. The number of aromatic nitrogens is 3. The van der Waals surface area contributed by atoms with E-state index in [0.717, 1.165) is 48.1 Å². The number of nitrogens with zero attached hydrogens (tertiary/aromatic N) is 4. The molecule has 196 valence electrons. The number of thiol groups is 1. The molecule has 8 nitrogen and oxygen atoms in total. The van der Waals surface area contributed by atoms with Gasteiger partial charge in [0.25, 0.3) is 0 Å². The Labute approximate surface area is 220 Å². The smallest absolute Gasteiger partial charge is 0.228 e. The summed E-state index contributed by atoms with van der Waals surface area (Å²) in [6.45, 7) is 7.91. The molecule has 9 heteroatoms. The molecule has 0 bridgehead atoms. The van der Waals surface area contributed by atoms with Crippen LogP contribution in [-0.2, 0) is 22.6 Å². The van der Waals surface area contributed by atoms with E-state index in [-0.39, 0.29) is 0 Å². The number of hydrogen-bond acceptors (Lipinski definition) is 8. The van der Waals surface area contributed by atoms with Crippen molar-refractivity contribution in [3.63, 3.8) is 0 Å². The molecule has 0 unspecified atom stereocenters. The first-order valence-electron chi connectivity index (χ1n) is 12.5. The number of fused-ring (bicyclic) bond motifs is 1. The number of rotatable bonds is 5. The summed E-state index contributed by atoms with van der Waals surface area (Å²) in [5, 5.41) is 5.56. The Hall–Kier alpha value is -2.78. The second-order valence-corrected chi connectivity index (χ2v) is 9.67. The topological polar surface area (TPSA) is 100 Å². The predicted octanol–water partition coefficient (Wildman–Crippen LogP) is 4.69. The van der Waals surface area contributed by atoms with Crippen molar-refractivity contribution < 1.29 is 9.59 Å². The molecule has 0 atom stereocenters. The standard InChI is InChI=1S/C23H31N5S.C2H5NO.C2H4O/c1-4-18(16-7-5-15(2)6-8-16)22-20(29)13-24-23(27-22)26-21-10-9-17-14-28(3)12-11-19(17)25-21;1-3-2-4;1-2-3/h4,9-10,13,15-16,29H,5-8,11-12,14H2,1-3H3,(H,24,25,26,27);2H,1H3,(H,3,4);2H,1H3/b18-4+;;. The summed E-state index contributed by atoms with van der Waals surface area (Å²) in [4.78, 5) is 35.1. The van der Waals surface area contributed by atoms with Crippen LogP contribution in [0.1, 0.15) is 63.4 Å². The van der Waals surface area contributed by atoms with E-state index < -0.39 is 0 Å². The molecule has 1 aliphatic carbocycles. The highest BCUT2D eigenvalue weighted by atomic mass is 32.1. The summed E-state index contributed by atoms with van der Waals surface area (Å²) >= 11 is 4.66. The van der Waals surface area contributed by atoms with Gasteiger partial charge in [0.1, 0.15) is 12.1 Å². The summed E-state index contributed by atoms with van der Waals surface area (Å²) in [6, 6.07) is 4.18. The van der Waals surface area contributed by atoms with E-state index in [2.05, 4.69) is 66.2 Å². The second-order valence-electron chi connectivity index (χ2n) is 9.19. The van der Waals surface area contributed by atoms with Crippen LogP contribution in [0.2, 0.25) is 0 Å². The van der Waals surface area contributed by atoms with Crippen LogP contribution in [0.4, 0.5) is 11.8 Å². The molecule has 2 N–H and O–H groups in total. The minimum absolute atomic E-state index is 0.559. The number of aldehydes is 1. The second kappa shape index (κ2) is 15.4. The highest BCUT2D eigenvalue weighted by Crippen LogP contribution is 2.38. The summed E-state index contributed by atoms with van der Waals surface area (Å²) in [5.74, 6) is 2.78. The average molecular weight is 513 g/mol. The molecule has 4 rings (SSSR count). The van der Waals surface area contributed by atoms with E-state index in [1.165, 1.54) is 49.4 Å². The van der Waals surface area contributed by atoms with Gasteiger partial charge < -0.3 is 20.3 Å². The lowest BCUT2D eigenvalue weighted by molar-refractivity contribution is -0.109. The van der Waals surface area contributed by atoms with Crippen LogP contribution in [0.5, 0.6) is 0 Å². The number of allylic oxidation sites excluding steroid dienone is 2. The Balaban J connectivity index is 0.000000583. The Morgan fingerprint density at radius 2 is 1.81 bits per heavy atom. The van der Waals surface area contributed by atoms with Crippen LogP contribution in [-0.4, -0.2) is 53.2 Å². The number of carbonyl (C=O) groups excluding carboxylic acids is 2. The highest BCUT2D eigenvalue weighted by molar-refractivity contribution is 7.80. The number of likely N-dealkylation sites (N-methyl/N-ethyl adjacent to an activating group) is 1. The van der Waals surface area contributed by atoms with Crippen molar-refractivity contribution in [2.24, 2.45) is 11.8 Å². The Bertz CT molecular complexity index is 1020. The van der Waals surface area contributed by atoms with Crippen molar-refractivity contribution in [1.29, 1.82) is 0 Å². The molecular formula is C27H40N6O2S. The number of carbonyl (C=O) groups is 2. The summed E-state index contributed by atoms with van der Waals surface area (Å²) in [7, 11) is 3.71. The molecule has 0 radical (unpaired) electrons. The van der Waals surface area contributed by atoms with Gasteiger partial charge in [-0.05, 0) is 62.8 Å². The minimum atomic E-state index is 0.559. The molecule has 0 spiro atoms. The SMILES string of the molecule is C/C=C(/c1nc(Nc2ccc3c(n2)CCN(C)C3)ncc1S)C1CCC(C)CC1.CC=O.CNC=O. The van der Waals surface area contributed by atoms with Crippen LogP contribution in [0.25, 0.3) is 5.57 Å². The molecule has 2 aliphatic rings. The average Bonchev–Trinajstić information content (AvgIpc) is 2.88. The lowest BCUT2D eigenvalue weighted by Crippen LogP contribution is -2.27. The molecule has 2 aromatic rings. The van der Waals surface area contributed by atoms with Crippen LogP contribution in [0.15, 0.2) is 29.3 Å². The third-order valence-electron chi connectivity index (χ3n) is 6.41. The van der Waals surface area contributed by atoms with Crippen molar-refractivity contribution in [2.75, 3.05) is 26.0 Å². The summed E-state index contributed by atoms with van der Waals surface area (Å²) < 4.78 is 0. The number of nitrogens with one attached hydrogen (secondary N) is 2. The van der Waals surface area contributed by atoms with Gasteiger partial charge in [0.05, 0.1) is 5.69 Å². The molecule has 36 heavy (non-hydrogen) atoms. The van der Waals surface area contributed by atoms with E-state index in [1.54, 1.807) is 13.2 Å². The Morgan fingerprint density at radius 1 is 1.14 bits per heavy atom. The van der Waals surface area contributed by atoms with Gasteiger partial charge in [0.2, 0.25) is 12.4 Å². The van der Waals surface area contributed by atoms with Gasteiger partial charge in [-0.25, -0.2) is 15.0 Å². The molecular weight excluding hydrogens is 472 g/mol. The van der Waals surface area contributed by atoms with Crippen molar-refractivity contribution >= 4 is 42.7 Å². The maximum absolute atomic E-state index is 9.06. The van der Waals surface area contributed by atoms with Crippen molar-refractivity contribution in [1.82, 2.24) is 25.2 Å². The van der Waals surface area contributed by atoms with Gasteiger partial charge in [0.15, 0.2) is 0 Å². The number of anilines is 2. The zero-order valence-corrected chi connectivity index (χ0v) is 23.0. The summed E-state index contributed by atoms with van der Waals surface area (Å²) in [6.07, 6.45) is 11.4. The van der Waals surface area contributed by atoms with Crippen molar-refractivity contribution in [2.45, 2.75) is 64.3 Å². The number of hydrogen-bond donors (Lipinski definition) is 3. The van der Waals surface area contributed by atoms with E-state index in [9.17, 15) is 0 Å². The van der Waals surface area contributed by atoms with Gasteiger partial charge in [-0.15, -0.1) is 12.6 Å². The van der Waals surface area contributed by atoms with Crippen LogP contribution in [0, 0.1) is 11.8 Å². The lowest BCUT2D eigenvalue weighted by Gasteiger charge is -2.28. The van der Waals surface area contributed by atoms with Crippen LogP contribution in [0.3, 0.4) is 0 Å². The van der Waals surface area contributed by atoms with Gasteiger partial charge in [-0.1, -0.05) is 31.9 Å². The maximum atomic E-state index is 9.06. The minimum Gasteiger partial charge on any atom is -0.362 e. The third kappa shape index (κ3) is 8.71. The fraction of sp³-hybridized carbons (Fsp3) is 0.519. The maximum Gasteiger partial charge on any atom is 0.228 e. The molecule has 2 aromatic heterocycles. The first-order chi connectivity index (χ1) is 17.4. The van der Waals surface area contributed by atoms with Gasteiger partial charge >= 0.3 is 0 Å². The molecule has 0 aromatic carbocycles. The number of amides is 1. The summed E-state index contributed by atoms with van der Waals surface area (Å²) in [5.41, 5.74) is 4.73. The molecule has 1 amide bonds. The molecule has 1 fully saturated rings. The van der Waals surface area contributed by atoms with Crippen LogP contribution < -0.4 is 10.6 Å². The molecule has 1 saturated carbocycles. The van der Waals surface area contributed by atoms with E-state index in [0.29, 0.717) is 18.3 Å². The Kier molecular flexibility index (Phi) is 12.6. The first-order valence-corrected chi connectivity index (χ1v) is 13.0. The van der Waals surface area contributed by atoms with E-state index in [1.807, 2.05) is 6.07 Å².